The van der Waals surface area contributed by atoms with E-state index in [1.807, 2.05) is 18.2 Å². The van der Waals surface area contributed by atoms with Crippen molar-refractivity contribution in [2.24, 2.45) is 4.99 Å². The standard InChI is InChI=1S/C21H25ClFN3/c1-21(2,3)25-20-19(15-7-5-4-6-8-15)24-11-12-26(20)14-16-9-10-17(23)13-18(16)22/h4-10,13,19,24H,11-12,14H2,1-3H3/b25-20-. The third-order valence-electron chi connectivity index (χ3n) is 4.27. The van der Waals surface area contributed by atoms with Gasteiger partial charge < -0.3 is 10.2 Å². The Morgan fingerprint density at radius 2 is 1.92 bits per heavy atom. The molecule has 3 rings (SSSR count). The maximum absolute atomic E-state index is 13.4. The first-order chi connectivity index (χ1) is 12.3. The van der Waals surface area contributed by atoms with Crippen LogP contribution in [0.3, 0.4) is 0 Å². The van der Waals surface area contributed by atoms with E-state index in [2.05, 4.69) is 43.1 Å². The molecule has 1 aliphatic rings. The van der Waals surface area contributed by atoms with Gasteiger partial charge in [-0.05, 0) is 44.0 Å². The topological polar surface area (TPSA) is 27.6 Å². The highest BCUT2D eigenvalue weighted by Crippen LogP contribution is 2.26. The van der Waals surface area contributed by atoms with E-state index < -0.39 is 0 Å². The summed E-state index contributed by atoms with van der Waals surface area (Å²) in [6.07, 6.45) is 0. The van der Waals surface area contributed by atoms with Crippen LogP contribution >= 0.6 is 11.6 Å². The molecule has 1 aliphatic heterocycles. The molecule has 0 aliphatic carbocycles. The van der Waals surface area contributed by atoms with E-state index in [1.165, 1.54) is 17.7 Å². The average Bonchev–Trinajstić information content (AvgIpc) is 2.58. The summed E-state index contributed by atoms with van der Waals surface area (Å²) in [7, 11) is 0. The predicted octanol–water partition coefficient (Wildman–Crippen LogP) is 4.82. The van der Waals surface area contributed by atoms with Gasteiger partial charge in [-0.25, -0.2) is 4.39 Å². The monoisotopic (exact) mass is 373 g/mol. The Hall–Kier alpha value is -1.91. The first kappa shape index (κ1) is 18.9. The van der Waals surface area contributed by atoms with Crippen molar-refractivity contribution in [2.45, 2.75) is 38.9 Å². The molecule has 1 N–H and O–H groups in total. The highest BCUT2D eigenvalue weighted by atomic mass is 35.5. The van der Waals surface area contributed by atoms with Gasteiger partial charge in [0.2, 0.25) is 0 Å². The van der Waals surface area contributed by atoms with Gasteiger partial charge in [0.15, 0.2) is 0 Å². The van der Waals surface area contributed by atoms with E-state index in [4.69, 9.17) is 16.6 Å². The molecule has 0 bridgehead atoms. The van der Waals surface area contributed by atoms with Gasteiger partial charge in [0, 0.05) is 24.7 Å². The van der Waals surface area contributed by atoms with Crippen molar-refractivity contribution in [3.63, 3.8) is 0 Å². The Morgan fingerprint density at radius 3 is 2.58 bits per heavy atom. The van der Waals surface area contributed by atoms with Crippen LogP contribution < -0.4 is 5.32 Å². The van der Waals surface area contributed by atoms with E-state index in [1.54, 1.807) is 6.07 Å². The maximum Gasteiger partial charge on any atom is 0.124 e. The zero-order valence-corrected chi connectivity index (χ0v) is 16.2. The molecule has 26 heavy (non-hydrogen) atoms. The molecule has 1 atom stereocenters. The van der Waals surface area contributed by atoms with Gasteiger partial charge in [-0.1, -0.05) is 48.0 Å². The van der Waals surface area contributed by atoms with Crippen LogP contribution in [-0.2, 0) is 6.54 Å². The van der Waals surface area contributed by atoms with E-state index in [9.17, 15) is 4.39 Å². The lowest BCUT2D eigenvalue weighted by molar-refractivity contribution is 0.337. The molecule has 3 nitrogen and oxygen atoms in total. The van der Waals surface area contributed by atoms with Crippen molar-refractivity contribution in [3.8, 4) is 0 Å². The van der Waals surface area contributed by atoms with Crippen LogP contribution in [0.15, 0.2) is 53.5 Å². The van der Waals surface area contributed by atoms with Crippen LogP contribution in [0.4, 0.5) is 4.39 Å². The lowest BCUT2D eigenvalue weighted by atomic mass is 10.0. The second-order valence-corrected chi connectivity index (χ2v) is 8.00. The summed E-state index contributed by atoms with van der Waals surface area (Å²) in [5.41, 5.74) is 1.89. The zero-order valence-electron chi connectivity index (χ0n) is 15.5. The van der Waals surface area contributed by atoms with Gasteiger partial charge in [-0.2, -0.15) is 0 Å². The second-order valence-electron chi connectivity index (χ2n) is 7.60. The third kappa shape index (κ3) is 4.63. The Bertz CT molecular complexity index is 784. The zero-order chi connectivity index (χ0) is 18.7. The van der Waals surface area contributed by atoms with Gasteiger partial charge in [0.1, 0.15) is 11.7 Å². The number of rotatable bonds is 3. The molecule has 1 fully saturated rings. The summed E-state index contributed by atoms with van der Waals surface area (Å²) in [5.74, 6) is 0.681. The lowest BCUT2D eigenvalue weighted by Gasteiger charge is -2.38. The summed E-state index contributed by atoms with van der Waals surface area (Å²) in [6, 6.07) is 14.9. The number of aliphatic imine (C=N–C) groups is 1. The maximum atomic E-state index is 13.4. The van der Waals surface area contributed by atoms with E-state index >= 15 is 0 Å². The van der Waals surface area contributed by atoms with Crippen LogP contribution in [0.25, 0.3) is 0 Å². The van der Waals surface area contributed by atoms with Crippen molar-refractivity contribution in [2.75, 3.05) is 13.1 Å². The summed E-state index contributed by atoms with van der Waals surface area (Å²) in [6.45, 7) is 8.58. The van der Waals surface area contributed by atoms with Crippen LogP contribution in [0.5, 0.6) is 0 Å². The second kappa shape index (κ2) is 7.77. The number of nitrogens with zero attached hydrogens (tertiary/aromatic N) is 2. The third-order valence-corrected chi connectivity index (χ3v) is 4.62. The van der Waals surface area contributed by atoms with Gasteiger partial charge >= 0.3 is 0 Å². The van der Waals surface area contributed by atoms with Gasteiger partial charge in [-0.3, -0.25) is 4.99 Å². The minimum absolute atomic E-state index is 0.0309. The Morgan fingerprint density at radius 1 is 1.19 bits per heavy atom. The Kier molecular flexibility index (Phi) is 5.64. The molecule has 5 heteroatoms. The molecule has 1 unspecified atom stereocenters. The van der Waals surface area contributed by atoms with Gasteiger partial charge in [0.25, 0.3) is 0 Å². The van der Waals surface area contributed by atoms with E-state index in [0.717, 1.165) is 24.5 Å². The average molecular weight is 374 g/mol. The summed E-state index contributed by atoms with van der Waals surface area (Å²) < 4.78 is 13.4. The molecule has 1 saturated heterocycles. The highest BCUT2D eigenvalue weighted by Gasteiger charge is 2.29. The molecule has 138 valence electrons. The SMILES string of the molecule is CC(C)(C)/N=C1/C(c2ccccc2)NCCN1Cc1ccc(F)cc1Cl. The quantitative estimate of drug-likeness (QED) is 0.835. The van der Waals surface area contributed by atoms with Crippen LogP contribution in [0.2, 0.25) is 5.02 Å². The number of nitrogens with one attached hydrogen (secondary N) is 1. The molecule has 0 amide bonds. The van der Waals surface area contributed by atoms with E-state index in [0.29, 0.717) is 11.6 Å². The summed E-state index contributed by atoms with van der Waals surface area (Å²) in [4.78, 5) is 7.26. The normalized spacial score (nSPS) is 19.8. The minimum atomic E-state index is -0.315. The van der Waals surface area contributed by atoms with Crippen molar-refractivity contribution in [1.29, 1.82) is 0 Å². The molecule has 0 radical (unpaired) electrons. The number of halogens is 2. The smallest absolute Gasteiger partial charge is 0.124 e. The van der Waals surface area contributed by atoms with Crippen LogP contribution in [-0.4, -0.2) is 29.4 Å². The van der Waals surface area contributed by atoms with Crippen molar-refractivity contribution >= 4 is 17.4 Å². The predicted molar refractivity (Wildman–Crippen MR) is 106 cm³/mol. The first-order valence-electron chi connectivity index (χ1n) is 8.90. The Labute approximate surface area is 159 Å². The molecular formula is C21H25ClFN3. The number of hydrogen-bond acceptors (Lipinski definition) is 2. The Balaban J connectivity index is 1.95. The largest absolute Gasteiger partial charge is 0.353 e. The summed E-state index contributed by atoms with van der Waals surface area (Å²) in [5, 5.41) is 4.04. The minimum Gasteiger partial charge on any atom is -0.353 e. The molecule has 1 heterocycles. The fourth-order valence-electron chi connectivity index (χ4n) is 3.14. The van der Waals surface area contributed by atoms with Crippen molar-refractivity contribution in [3.05, 3.63) is 70.5 Å². The number of piperazine rings is 1. The number of amidine groups is 1. The highest BCUT2D eigenvalue weighted by molar-refractivity contribution is 6.31. The van der Waals surface area contributed by atoms with E-state index in [-0.39, 0.29) is 17.4 Å². The molecular weight excluding hydrogens is 349 g/mol. The summed E-state index contributed by atoms with van der Waals surface area (Å²) >= 11 is 6.26. The fourth-order valence-corrected chi connectivity index (χ4v) is 3.37. The van der Waals surface area contributed by atoms with Crippen LogP contribution in [0.1, 0.15) is 37.9 Å². The molecule has 0 aromatic heterocycles. The number of hydrogen-bond donors (Lipinski definition) is 1. The fraction of sp³-hybridized carbons (Fsp3) is 0.381. The lowest BCUT2D eigenvalue weighted by Crippen LogP contribution is -2.50. The number of benzene rings is 2. The van der Waals surface area contributed by atoms with Gasteiger partial charge in [0.05, 0.1) is 11.6 Å². The first-order valence-corrected chi connectivity index (χ1v) is 9.28. The van der Waals surface area contributed by atoms with Crippen LogP contribution in [0, 0.1) is 5.82 Å². The molecule has 0 spiro atoms. The van der Waals surface area contributed by atoms with Crippen molar-refractivity contribution < 1.29 is 4.39 Å². The molecule has 2 aromatic carbocycles. The molecule has 0 saturated carbocycles. The molecule has 2 aromatic rings. The van der Waals surface area contributed by atoms with Gasteiger partial charge in [-0.15, -0.1) is 0 Å². The van der Waals surface area contributed by atoms with Crippen molar-refractivity contribution in [1.82, 2.24) is 10.2 Å².